The molecule has 0 unspecified atom stereocenters. The molecule has 1 aromatic carbocycles. The fourth-order valence-electron chi connectivity index (χ4n) is 2.38. The number of benzene rings is 1. The Bertz CT molecular complexity index is 444. The number of nitrogens with one attached hydrogen (secondary N) is 1. The fourth-order valence-corrected chi connectivity index (χ4v) is 2.81. The summed E-state index contributed by atoms with van der Waals surface area (Å²) in [6.07, 6.45) is 0.549. The van der Waals surface area contributed by atoms with E-state index in [4.69, 9.17) is 0 Å². The first-order valence-electron chi connectivity index (χ1n) is 7.19. The summed E-state index contributed by atoms with van der Waals surface area (Å²) in [6.45, 7) is 7.64. The highest BCUT2D eigenvalue weighted by Gasteiger charge is 2.19. The van der Waals surface area contributed by atoms with Crippen LogP contribution in [0.25, 0.3) is 0 Å². The lowest BCUT2D eigenvalue weighted by molar-refractivity contribution is -0.132. The molecule has 20 heavy (non-hydrogen) atoms. The first-order chi connectivity index (χ1) is 9.70. The first-order valence-corrected chi connectivity index (χ1v) is 7.98. The number of rotatable bonds is 5. The van der Waals surface area contributed by atoms with Crippen molar-refractivity contribution in [3.63, 3.8) is 0 Å². The summed E-state index contributed by atoms with van der Waals surface area (Å²) >= 11 is 3.49. The molecule has 1 fully saturated rings. The van der Waals surface area contributed by atoms with Gasteiger partial charge in [-0.15, -0.1) is 0 Å². The van der Waals surface area contributed by atoms with Gasteiger partial charge in [0.2, 0.25) is 5.91 Å². The predicted octanol–water partition coefficient (Wildman–Crippen LogP) is 2.42. The second-order valence-corrected chi connectivity index (χ2v) is 5.83. The molecule has 1 heterocycles. The van der Waals surface area contributed by atoms with Crippen molar-refractivity contribution in [2.45, 2.75) is 13.3 Å². The molecule has 1 saturated heterocycles. The van der Waals surface area contributed by atoms with Crippen molar-refractivity contribution in [3.05, 3.63) is 28.7 Å². The third-order valence-corrected chi connectivity index (χ3v) is 4.39. The van der Waals surface area contributed by atoms with E-state index in [-0.39, 0.29) is 5.91 Å². The van der Waals surface area contributed by atoms with Gasteiger partial charge in [0.15, 0.2) is 0 Å². The smallest absolute Gasteiger partial charge is 0.224 e. The van der Waals surface area contributed by atoms with Crippen molar-refractivity contribution in [2.75, 3.05) is 44.6 Å². The minimum absolute atomic E-state index is 0.250. The van der Waals surface area contributed by atoms with Gasteiger partial charge in [0.1, 0.15) is 0 Å². The number of para-hydroxylation sites is 1. The summed E-state index contributed by atoms with van der Waals surface area (Å²) in [4.78, 5) is 16.5. The van der Waals surface area contributed by atoms with Crippen LogP contribution in [0.4, 0.5) is 5.69 Å². The van der Waals surface area contributed by atoms with Crippen molar-refractivity contribution >= 4 is 27.5 Å². The van der Waals surface area contributed by atoms with Crippen LogP contribution in [0.15, 0.2) is 28.7 Å². The van der Waals surface area contributed by atoms with Gasteiger partial charge in [0.25, 0.3) is 0 Å². The predicted molar refractivity (Wildman–Crippen MR) is 85.9 cm³/mol. The summed E-state index contributed by atoms with van der Waals surface area (Å²) in [6, 6.07) is 7.97. The van der Waals surface area contributed by atoms with Crippen LogP contribution in [-0.4, -0.2) is 55.0 Å². The van der Waals surface area contributed by atoms with Gasteiger partial charge in [-0.3, -0.25) is 4.79 Å². The Balaban J connectivity index is 1.72. The zero-order valence-corrected chi connectivity index (χ0v) is 13.5. The average Bonchev–Trinajstić information content (AvgIpc) is 2.49. The SMILES string of the molecule is CCN1CCN(C(=O)CCNc2ccccc2Br)CC1. The molecule has 1 amide bonds. The molecule has 5 heteroatoms. The van der Waals surface area contributed by atoms with E-state index in [0.717, 1.165) is 42.9 Å². The molecule has 0 spiro atoms. The highest BCUT2D eigenvalue weighted by atomic mass is 79.9. The number of hydrogen-bond acceptors (Lipinski definition) is 3. The number of amides is 1. The van der Waals surface area contributed by atoms with Crippen molar-refractivity contribution in [1.29, 1.82) is 0 Å². The zero-order valence-electron chi connectivity index (χ0n) is 11.9. The molecular weight excluding hydrogens is 318 g/mol. The van der Waals surface area contributed by atoms with Gasteiger partial charge in [-0.25, -0.2) is 0 Å². The minimum Gasteiger partial charge on any atom is -0.384 e. The van der Waals surface area contributed by atoms with Crippen LogP contribution in [0.5, 0.6) is 0 Å². The number of hydrogen-bond donors (Lipinski definition) is 1. The Kier molecular flexibility index (Phi) is 5.86. The fraction of sp³-hybridized carbons (Fsp3) is 0.533. The molecule has 1 aliphatic heterocycles. The second kappa shape index (κ2) is 7.64. The average molecular weight is 340 g/mol. The van der Waals surface area contributed by atoms with Crippen LogP contribution in [0.1, 0.15) is 13.3 Å². The van der Waals surface area contributed by atoms with Crippen LogP contribution < -0.4 is 5.32 Å². The van der Waals surface area contributed by atoms with Crippen LogP contribution in [0.2, 0.25) is 0 Å². The number of piperazine rings is 1. The molecular formula is C15H22BrN3O. The lowest BCUT2D eigenvalue weighted by Crippen LogP contribution is -2.48. The number of nitrogens with zero attached hydrogens (tertiary/aromatic N) is 2. The van der Waals surface area contributed by atoms with Crippen LogP contribution >= 0.6 is 15.9 Å². The summed E-state index contributed by atoms with van der Waals surface area (Å²) in [5.74, 6) is 0.250. The van der Waals surface area contributed by atoms with Crippen molar-refractivity contribution in [2.24, 2.45) is 0 Å². The number of likely N-dealkylation sites (N-methyl/N-ethyl adjacent to an activating group) is 1. The molecule has 1 aromatic rings. The molecule has 2 rings (SSSR count). The van der Waals surface area contributed by atoms with E-state index < -0.39 is 0 Å². The molecule has 4 nitrogen and oxygen atoms in total. The topological polar surface area (TPSA) is 35.6 Å². The van der Waals surface area contributed by atoms with Gasteiger partial charge in [-0.2, -0.15) is 0 Å². The van der Waals surface area contributed by atoms with E-state index in [1.54, 1.807) is 0 Å². The van der Waals surface area contributed by atoms with Crippen molar-refractivity contribution in [3.8, 4) is 0 Å². The second-order valence-electron chi connectivity index (χ2n) is 4.97. The van der Waals surface area contributed by atoms with Gasteiger partial charge in [-0.05, 0) is 34.6 Å². The normalized spacial score (nSPS) is 16.2. The standard InChI is InChI=1S/C15H22BrN3O/c1-2-18-9-11-19(12-10-18)15(20)7-8-17-14-6-4-3-5-13(14)16/h3-6,17H,2,7-12H2,1H3. The Hall–Kier alpha value is -1.07. The lowest BCUT2D eigenvalue weighted by Gasteiger charge is -2.34. The minimum atomic E-state index is 0.250. The molecule has 1 N–H and O–H groups in total. The zero-order chi connectivity index (χ0) is 14.4. The van der Waals surface area contributed by atoms with Gasteiger partial charge >= 0.3 is 0 Å². The van der Waals surface area contributed by atoms with Crippen molar-refractivity contribution < 1.29 is 4.79 Å². The molecule has 0 saturated carbocycles. The number of halogens is 1. The van der Waals surface area contributed by atoms with E-state index in [9.17, 15) is 4.79 Å². The van der Waals surface area contributed by atoms with Gasteiger partial charge < -0.3 is 15.1 Å². The Labute approximate surface area is 129 Å². The van der Waals surface area contributed by atoms with E-state index in [1.165, 1.54) is 0 Å². The van der Waals surface area contributed by atoms with Gasteiger partial charge in [0, 0.05) is 49.3 Å². The molecule has 1 aliphatic rings. The highest BCUT2D eigenvalue weighted by Crippen LogP contribution is 2.20. The molecule has 0 aromatic heterocycles. The van der Waals surface area contributed by atoms with E-state index in [0.29, 0.717) is 13.0 Å². The highest BCUT2D eigenvalue weighted by molar-refractivity contribution is 9.10. The molecule has 0 aliphatic carbocycles. The quantitative estimate of drug-likeness (QED) is 0.894. The van der Waals surface area contributed by atoms with E-state index in [1.807, 2.05) is 29.2 Å². The monoisotopic (exact) mass is 339 g/mol. The van der Waals surface area contributed by atoms with E-state index in [2.05, 4.69) is 33.1 Å². The van der Waals surface area contributed by atoms with E-state index >= 15 is 0 Å². The van der Waals surface area contributed by atoms with Crippen molar-refractivity contribution in [1.82, 2.24) is 9.80 Å². The largest absolute Gasteiger partial charge is 0.384 e. The summed E-state index contributed by atoms with van der Waals surface area (Å²) in [7, 11) is 0. The van der Waals surface area contributed by atoms with Gasteiger partial charge in [-0.1, -0.05) is 19.1 Å². The Morgan fingerprint density at radius 1 is 1.25 bits per heavy atom. The number of carbonyl (C=O) groups excluding carboxylic acids is 1. The Morgan fingerprint density at radius 3 is 2.60 bits per heavy atom. The molecule has 0 radical (unpaired) electrons. The lowest BCUT2D eigenvalue weighted by atomic mass is 10.2. The maximum atomic E-state index is 12.1. The number of carbonyl (C=O) groups is 1. The van der Waals surface area contributed by atoms with Crippen LogP contribution in [0, 0.1) is 0 Å². The number of anilines is 1. The summed E-state index contributed by atoms with van der Waals surface area (Å²) in [5, 5.41) is 3.30. The van der Waals surface area contributed by atoms with Crippen LogP contribution in [0.3, 0.4) is 0 Å². The van der Waals surface area contributed by atoms with Crippen LogP contribution in [-0.2, 0) is 4.79 Å². The maximum Gasteiger partial charge on any atom is 0.224 e. The molecule has 110 valence electrons. The summed E-state index contributed by atoms with van der Waals surface area (Å²) in [5.41, 5.74) is 1.04. The Morgan fingerprint density at radius 2 is 1.95 bits per heavy atom. The summed E-state index contributed by atoms with van der Waals surface area (Å²) < 4.78 is 1.03. The molecule has 0 atom stereocenters. The third-order valence-electron chi connectivity index (χ3n) is 3.70. The third kappa shape index (κ3) is 4.21. The van der Waals surface area contributed by atoms with Gasteiger partial charge in [0.05, 0.1) is 0 Å². The first kappa shape index (κ1) is 15.3. The molecule has 0 bridgehead atoms. The maximum absolute atomic E-state index is 12.1.